The highest BCUT2D eigenvalue weighted by atomic mass is 16.4. The fraction of sp³-hybridized carbons (Fsp3) is 0.611. The summed E-state index contributed by atoms with van der Waals surface area (Å²) in [5.41, 5.74) is 2.82. The maximum atomic E-state index is 9.55. The topological polar surface area (TPSA) is 104 Å². The third-order valence-corrected chi connectivity index (χ3v) is 4.74. The van der Waals surface area contributed by atoms with E-state index in [1.165, 1.54) is 49.9 Å². The quantitative estimate of drug-likeness (QED) is 0.703. The molecule has 2 aliphatic carbocycles. The summed E-state index contributed by atoms with van der Waals surface area (Å²) in [6.45, 7) is 3.26. The molecule has 3 N–H and O–H groups in total. The Morgan fingerprint density at radius 1 is 1.20 bits per heavy atom. The van der Waals surface area contributed by atoms with Crippen LogP contribution in [0.25, 0.3) is 0 Å². The van der Waals surface area contributed by atoms with Crippen molar-refractivity contribution in [1.82, 2.24) is 14.9 Å². The Hall–Kier alpha value is -2.15. The van der Waals surface area contributed by atoms with E-state index in [0.717, 1.165) is 19.0 Å². The van der Waals surface area contributed by atoms with Crippen LogP contribution in [-0.4, -0.2) is 43.8 Å². The fourth-order valence-electron chi connectivity index (χ4n) is 3.54. The van der Waals surface area contributed by atoms with Gasteiger partial charge in [0, 0.05) is 42.9 Å². The first-order valence-corrected chi connectivity index (χ1v) is 8.92. The standard InChI is InChI=1S/C14H23N3.C4H4O4/c1-2-17-10-15-13-9-12(7-8-14(13)17)16-11-5-3-4-6-11;5-3(6)1-2-4(7)8/h10-12,16H,2-9H2,1H3;1-2H,(H,5,6)(H,7,8)/b;2-1+. The summed E-state index contributed by atoms with van der Waals surface area (Å²) >= 11 is 0. The Kier molecular flexibility index (Phi) is 7.18. The Bertz CT molecular complexity index is 602. The zero-order chi connectivity index (χ0) is 18.2. The lowest BCUT2D eigenvalue weighted by Crippen LogP contribution is -2.40. The molecule has 1 aromatic rings. The van der Waals surface area contributed by atoms with Crippen LogP contribution in [0.5, 0.6) is 0 Å². The number of fused-ring (bicyclic) bond motifs is 1. The summed E-state index contributed by atoms with van der Waals surface area (Å²) in [7, 11) is 0. The number of carbonyl (C=O) groups is 2. The van der Waals surface area contributed by atoms with Crippen LogP contribution in [0.15, 0.2) is 18.5 Å². The number of imidazole rings is 1. The predicted molar refractivity (Wildman–Crippen MR) is 93.5 cm³/mol. The molecule has 7 nitrogen and oxygen atoms in total. The molecule has 0 aromatic carbocycles. The molecule has 0 amide bonds. The van der Waals surface area contributed by atoms with E-state index in [1.54, 1.807) is 0 Å². The van der Waals surface area contributed by atoms with Crippen molar-refractivity contribution >= 4 is 11.9 Å². The van der Waals surface area contributed by atoms with E-state index in [1.807, 2.05) is 6.33 Å². The minimum Gasteiger partial charge on any atom is -0.478 e. The van der Waals surface area contributed by atoms with Crippen LogP contribution in [0.1, 0.15) is 50.4 Å². The molecule has 0 spiro atoms. The van der Waals surface area contributed by atoms with Gasteiger partial charge in [0.1, 0.15) is 0 Å². The molecule has 7 heteroatoms. The van der Waals surface area contributed by atoms with Crippen LogP contribution in [-0.2, 0) is 29.0 Å². The molecule has 1 saturated carbocycles. The molecule has 3 rings (SSSR count). The molecular formula is C18H27N3O4. The number of hydrogen-bond acceptors (Lipinski definition) is 4. The van der Waals surface area contributed by atoms with Gasteiger partial charge in [-0.05, 0) is 32.6 Å². The molecule has 0 radical (unpaired) electrons. The second kappa shape index (κ2) is 9.36. The van der Waals surface area contributed by atoms with E-state index in [2.05, 4.69) is 21.8 Å². The van der Waals surface area contributed by atoms with Gasteiger partial charge in [0.05, 0.1) is 12.0 Å². The maximum absolute atomic E-state index is 9.55. The first-order chi connectivity index (χ1) is 12.0. The Morgan fingerprint density at radius 3 is 2.40 bits per heavy atom. The summed E-state index contributed by atoms with van der Waals surface area (Å²) in [4.78, 5) is 23.7. The average molecular weight is 349 g/mol. The van der Waals surface area contributed by atoms with Crippen molar-refractivity contribution in [3.8, 4) is 0 Å². The first kappa shape index (κ1) is 19.2. The van der Waals surface area contributed by atoms with Crippen molar-refractivity contribution in [1.29, 1.82) is 0 Å². The van der Waals surface area contributed by atoms with E-state index in [9.17, 15) is 9.59 Å². The van der Waals surface area contributed by atoms with Crippen LogP contribution in [0.2, 0.25) is 0 Å². The minimum absolute atomic E-state index is 0.558. The van der Waals surface area contributed by atoms with Crippen LogP contribution in [0.3, 0.4) is 0 Å². The van der Waals surface area contributed by atoms with Gasteiger partial charge in [0.2, 0.25) is 0 Å². The van der Waals surface area contributed by atoms with Crippen molar-refractivity contribution in [2.45, 2.75) is 70.5 Å². The summed E-state index contributed by atoms with van der Waals surface area (Å²) in [6, 6.07) is 1.46. The third kappa shape index (κ3) is 6.01. The van der Waals surface area contributed by atoms with Gasteiger partial charge in [-0.3, -0.25) is 0 Å². The van der Waals surface area contributed by atoms with Crippen molar-refractivity contribution < 1.29 is 19.8 Å². The number of hydrogen-bond donors (Lipinski definition) is 3. The molecule has 0 aliphatic heterocycles. The van der Waals surface area contributed by atoms with Crippen LogP contribution in [0.4, 0.5) is 0 Å². The van der Waals surface area contributed by atoms with Crippen molar-refractivity contribution in [3.63, 3.8) is 0 Å². The number of rotatable bonds is 5. The summed E-state index contributed by atoms with van der Waals surface area (Å²) in [5, 5.41) is 19.5. The van der Waals surface area contributed by atoms with Gasteiger partial charge < -0.3 is 20.1 Å². The van der Waals surface area contributed by atoms with Gasteiger partial charge in [0.25, 0.3) is 0 Å². The summed E-state index contributed by atoms with van der Waals surface area (Å²) < 4.78 is 2.31. The van der Waals surface area contributed by atoms with E-state index in [4.69, 9.17) is 10.2 Å². The van der Waals surface area contributed by atoms with Gasteiger partial charge in [-0.1, -0.05) is 12.8 Å². The lowest BCUT2D eigenvalue weighted by Gasteiger charge is -2.26. The number of aliphatic carboxylic acids is 2. The number of aryl methyl sites for hydroxylation is 1. The largest absolute Gasteiger partial charge is 0.478 e. The van der Waals surface area contributed by atoms with Gasteiger partial charge in [-0.2, -0.15) is 0 Å². The van der Waals surface area contributed by atoms with Crippen LogP contribution in [0, 0.1) is 0 Å². The van der Waals surface area contributed by atoms with Crippen LogP contribution >= 0.6 is 0 Å². The number of nitrogens with one attached hydrogen (secondary N) is 1. The molecule has 138 valence electrons. The average Bonchev–Trinajstić information content (AvgIpc) is 3.22. The predicted octanol–water partition coefficient (Wildman–Crippen LogP) is 2.00. The zero-order valence-corrected chi connectivity index (χ0v) is 14.6. The highest BCUT2D eigenvalue weighted by molar-refractivity contribution is 5.89. The second-order valence-corrected chi connectivity index (χ2v) is 6.52. The Morgan fingerprint density at radius 2 is 1.84 bits per heavy atom. The van der Waals surface area contributed by atoms with E-state index >= 15 is 0 Å². The summed E-state index contributed by atoms with van der Waals surface area (Å²) in [6.07, 6.45) is 12.4. The first-order valence-electron chi connectivity index (χ1n) is 8.92. The maximum Gasteiger partial charge on any atom is 0.328 e. The number of aromatic nitrogens is 2. The highest BCUT2D eigenvalue weighted by Gasteiger charge is 2.25. The molecule has 1 atom stereocenters. The van der Waals surface area contributed by atoms with Gasteiger partial charge in [-0.25, -0.2) is 14.6 Å². The van der Waals surface area contributed by atoms with Crippen molar-refractivity contribution in [2.24, 2.45) is 0 Å². The molecule has 1 aromatic heterocycles. The minimum atomic E-state index is -1.26. The molecular weight excluding hydrogens is 322 g/mol. The lowest BCUT2D eigenvalue weighted by atomic mass is 9.95. The van der Waals surface area contributed by atoms with Gasteiger partial charge in [0.15, 0.2) is 0 Å². The molecule has 1 heterocycles. The molecule has 2 aliphatic rings. The number of nitrogens with zero attached hydrogens (tertiary/aromatic N) is 2. The molecule has 0 bridgehead atoms. The van der Waals surface area contributed by atoms with Crippen molar-refractivity contribution in [3.05, 3.63) is 29.9 Å². The lowest BCUT2D eigenvalue weighted by molar-refractivity contribution is -0.134. The highest BCUT2D eigenvalue weighted by Crippen LogP contribution is 2.24. The molecule has 25 heavy (non-hydrogen) atoms. The monoisotopic (exact) mass is 349 g/mol. The smallest absolute Gasteiger partial charge is 0.328 e. The Labute approximate surface area is 147 Å². The zero-order valence-electron chi connectivity index (χ0n) is 14.6. The Balaban J connectivity index is 0.000000242. The van der Waals surface area contributed by atoms with Crippen LogP contribution < -0.4 is 5.32 Å². The van der Waals surface area contributed by atoms with Gasteiger partial charge in [-0.15, -0.1) is 0 Å². The van der Waals surface area contributed by atoms with E-state index < -0.39 is 11.9 Å². The van der Waals surface area contributed by atoms with E-state index in [-0.39, 0.29) is 0 Å². The van der Waals surface area contributed by atoms with E-state index in [0.29, 0.717) is 18.2 Å². The summed E-state index contributed by atoms with van der Waals surface area (Å²) in [5.74, 6) is -2.51. The normalized spacial score (nSPS) is 20.1. The molecule has 0 saturated heterocycles. The number of carboxylic acids is 2. The second-order valence-electron chi connectivity index (χ2n) is 6.52. The van der Waals surface area contributed by atoms with Crippen molar-refractivity contribution in [2.75, 3.05) is 0 Å². The molecule has 1 fully saturated rings. The fourth-order valence-corrected chi connectivity index (χ4v) is 3.54. The molecule has 1 unspecified atom stereocenters. The number of carboxylic acid groups (broad SMARTS) is 2. The third-order valence-electron chi connectivity index (χ3n) is 4.74. The van der Waals surface area contributed by atoms with Gasteiger partial charge >= 0.3 is 11.9 Å². The SMILES string of the molecule is CCn1cnc2c1CCC(NC1CCCC1)C2.O=C(O)/C=C/C(=O)O.